The Bertz CT molecular complexity index is 1020. The lowest BCUT2D eigenvalue weighted by Gasteiger charge is -2.35. The van der Waals surface area contributed by atoms with Gasteiger partial charge in [-0.2, -0.15) is 22.0 Å². The van der Waals surface area contributed by atoms with Crippen molar-refractivity contribution < 1.29 is 36.2 Å². The molecule has 0 spiro atoms. The molecule has 6 nitrogen and oxygen atoms in total. The number of amides is 1. The number of benzene rings is 1. The third kappa shape index (κ3) is 6.04. The number of anilines is 1. The van der Waals surface area contributed by atoms with E-state index in [9.17, 15) is 26.7 Å². The van der Waals surface area contributed by atoms with Crippen molar-refractivity contribution in [3.8, 4) is 11.5 Å². The van der Waals surface area contributed by atoms with Crippen LogP contribution in [0.3, 0.4) is 0 Å². The molecule has 0 unspecified atom stereocenters. The summed E-state index contributed by atoms with van der Waals surface area (Å²) in [6, 6.07) is 5.34. The Morgan fingerprint density at radius 3 is 2.48 bits per heavy atom. The molecular weight excluding hydrogens is 473 g/mol. The predicted octanol–water partition coefficient (Wildman–Crippen LogP) is 4.73. The molecule has 1 aromatic carbocycles. The molecule has 0 radical (unpaired) electrons. The molecule has 2 heterocycles. The van der Waals surface area contributed by atoms with Crippen LogP contribution in [0, 0.1) is 0 Å². The average Bonchev–Trinajstić information content (AvgIpc) is 2.77. The zero-order chi connectivity index (χ0) is 24.2. The topological polar surface area (TPSA) is 54.9 Å². The summed E-state index contributed by atoms with van der Waals surface area (Å²) < 4.78 is 73.4. The van der Waals surface area contributed by atoms with E-state index in [2.05, 4.69) is 9.72 Å². The lowest BCUT2D eigenvalue weighted by atomic mass is 10.1. The van der Waals surface area contributed by atoms with Gasteiger partial charge >= 0.3 is 12.8 Å². The van der Waals surface area contributed by atoms with Crippen molar-refractivity contribution in [2.24, 2.45) is 0 Å². The van der Waals surface area contributed by atoms with Gasteiger partial charge in [-0.15, -0.1) is 0 Å². The maximum absolute atomic E-state index is 12.8. The van der Waals surface area contributed by atoms with Crippen LogP contribution in [0.15, 0.2) is 36.5 Å². The maximum atomic E-state index is 12.8. The number of carbonyl (C=O) groups excluding carboxylic acids is 1. The Morgan fingerprint density at radius 2 is 1.91 bits per heavy atom. The summed E-state index contributed by atoms with van der Waals surface area (Å²) in [5.41, 5.74) is -0.703. The van der Waals surface area contributed by atoms with Crippen LogP contribution in [0.2, 0.25) is 5.02 Å². The third-order valence-corrected chi connectivity index (χ3v) is 5.16. The van der Waals surface area contributed by atoms with Gasteiger partial charge in [-0.1, -0.05) is 23.7 Å². The number of methoxy groups -OCH3 is 1. The molecule has 0 N–H and O–H groups in total. The van der Waals surface area contributed by atoms with Crippen LogP contribution < -0.4 is 14.4 Å². The minimum absolute atomic E-state index is 0.0967. The van der Waals surface area contributed by atoms with Crippen LogP contribution in [-0.2, 0) is 11.0 Å². The van der Waals surface area contributed by atoms with Gasteiger partial charge in [0.05, 0.1) is 17.7 Å². The number of halogens is 6. The van der Waals surface area contributed by atoms with E-state index in [1.165, 1.54) is 36.3 Å². The number of alkyl halides is 5. The first-order valence-corrected chi connectivity index (χ1v) is 10.0. The minimum Gasteiger partial charge on any atom is -0.493 e. The molecule has 178 valence electrons. The summed E-state index contributed by atoms with van der Waals surface area (Å²) in [4.78, 5) is 19.6. The molecule has 1 amide bonds. The quantitative estimate of drug-likeness (QED) is 0.432. The standard InChI is InChI=1S/C21H19ClF5N3O3/c1-32-16-4-2-3-13(18(16)33-20(23)24)5-6-17(31)29-7-9-30(10-8-29)19-15(22)11-14(12-28-19)21(25,26)27/h2-6,11-12,20H,7-10H2,1H3/b6-5+. The van der Waals surface area contributed by atoms with Gasteiger partial charge in [0.2, 0.25) is 5.91 Å². The molecule has 33 heavy (non-hydrogen) atoms. The summed E-state index contributed by atoms with van der Waals surface area (Å²) >= 11 is 5.99. The smallest absolute Gasteiger partial charge is 0.417 e. The Balaban J connectivity index is 1.65. The number of rotatable bonds is 6. The van der Waals surface area contributed by atoms with Crippen molar-refractivity contribution >= 4 is 29.4 Å². The number of hydrogen-bond acceptors (Lipinski definition) is 5. The molecular formula is C21H19ClF5N3O3. The fourth-order valence-corrected chi connectivity index (χ4v) is 3.55. The highest BCUT2D eigenvalue weighted by Crippen LogP contribution is 2.34. The highest BCUT2D eigenvalue weighted by Gasteiger charge is 2.32. The van der Waals surface area contributed by atoms with E-state index in [0.29, 0.717) is 19.3 Å². The zero-order valence-corrected chi connectivity index (χ0v) is 18.0. The van der Waals surface area contributed by atoms with Crippen molar-refractivity contribution in [3.05, 3.63) is 52.7 Å². The molecule has 1 aromatic heterocycles. The summed E-state index contributed by atoms with van der Waals surface area (Å²) in [6.07, 6.45) is -1.25. The van der Waals surface area contributed by atoms with E-state index in [1.54, 1.807) is 11.0 Å². The number of para-hydroxylation sites is 1. The van der Waals surface area contributed by atoms with E-state index >= 15 is 0 Å². The van der Waals surface area contributed by atoms with Gasteiger partial charge in [0.25, 0.3) is 0 Å². The molecule has 0 saturated carbocycles. The second-order valence-corrected chi connectivity index (χ2v) is 7.34. The van der Waals surface area contributed by atoms with Crippen molar-refractivity contribution in [3.63, 3.8) is 0 Å². The first kappa shape index (κ1) is 24.6. The summed E-state index contributed by atoms with van der Waals surface area (Å²) in [5.74, 6) is -0.254. The third-order valence-electron chi connectivity index (χ3n) is 4.88. The van der Waals surface area contributed by atoms with Crippen LogP contribution in [0.4, 0.5) is 27.8 Å². The second-order valence-electron chi connectivity index (χ2n) is 6.93. The van der Waals surface area contributed by atoms with Crippen molar-refractivity contribution in [1.29, 1.82) is 0 Å². The Labute approximate surface area is 191 Å². The molecule has 0 atom stereocenters. The predicted molar refractivity (Wildman–Crippen MR) is 112 cm³/mol. The summed E-state index contributed by atoms with van der Waals surface area (Å²) in [7, 11) is 1.31. The van der Waals surface area contributed by atoms with E-state index in [0.717, 1.165) is 6.07 Å². The molecule has 1 saturated heterocycles. The van der Waals surface area contributed by atoms with Crippen LogP contribution in [0.25, 0.3) is 6.08 Å². The highest BCUT2D eigenvalue weighted by molar-refractivity contribution is 6.33. The van der Waals surface area contributed by atoms with Crippen LogP contribution >= 0.6 is 11.6 Å². The number of aromatic nitrogens is 1. The normalized spacial score (nSPS) is 14.8. The van der Waals surface area contributed by atoms with E-state index in [1.807, 2.05) is 0 Å². The van der Waals surface area contributed by atoms with Gasteiger partial charge in [-0.3, -0.25) is 4.79 Å². The van der Waals surface area contributed by atoms with Crippen molar-refractivity contribution in [2.75, 3.05) is 38.2 Å². The number of pyridine rings is 1. The lowest BCUT2D eigenvalue weighted by Crippen LogP contribution is -2.48. The first-order valence-electron chi connectivity index (χ1n) is 9.66. The van der Waals surface area contributed by atoms with Gasteiger partial charge in [-0.25, -0.2) is 4.98 Å². The average molecular weight is 492 g/mol. The minimum atomic E-state index is -4.55. The van der Waals surface area contributed by atoms with Crippen LogP contribution in [0.1, 0.15) is 11.1 Å². The first-order chi connectivity index (χ1) is 15.6. The molecule has 1 aliphatic heterocycles. The number of piperazine rings is 1. The molecule has 1 aliphatic rings. The van der Waals surface area contributed by atoms with E-state index < -0.39 is 18.4 Å². The summed E-state index contributed by atoms with van der Waals surface area (Å²) in [5, 5.41) is -0.130. The molecule has 1 fully saturated rings. The van der Waals surface area contributed by atoms with Crippen LogP contribution in [-0.4, -0.2) is 55.7 Å². The Morgan fingerprint density at radius 1 is 1.21 bits per heavy atom. The maximum Gasteiger partial charge on any atom is 0.417 e. The van der Waals surface area contributed by atoms with Gasteiger partial charge < -0.3 is 19.3 Å². The molecule has 12 heteroatoms. The van der Waals surface area contributed by atoms with Gasteiger partial charge in [0.15, 0.2) is 11.5 Å². The largest absolute Gasteiger partial charge is 0.493 e. The van der Waals surface area contributed by atoms with E-state index in [4.69, 9.17) is 16.3 Å². The highest BCUT2D eigenvalue weighted by atomic mass is 35.5. The molecule has 2 aromatic rings. The number of carbonyl (C=O) groups is 1. The monoisotopic (exact) mass is 491 g/mol. The second kappa shape index (κ2) is 10.2. The number of nitrogens with zero attached hydrogens (tertiary/aromatic N) is 3. The zero-order valence-electron chi connectivity index (χ0n) is 17.3. The molecule has 0 aliphatic carbocycles. The van der Waals surface area contributed by atoms with Crippen molar-refractivity contribution in [2.45, 2.75) is 12.8 Å². The van der Waals surface area contributed by atoms with Gasteiger partial charge in [0, 0.05) is 44.0 Å². The lowest BCUT2D eigenvalue weighted by molar-refractivity contribution is -0.137. The molecule has 0 bridgehead atoms. The fourth-order valence-electron chi connectivity index (χ4n) is 3.26. The van der Waals surface area contributed by atoms with Crippen molar-refractivity contribution in [1.82, 2.24) is 9.88 Å². The Hall–Kier alpha value is -3.08. The summed E-state index contributed by atoms with van der Waals surface area (Å²) in [6.45, 7) is -1.93. The number of hydrogen-bond donors (Lipinski definition) is 0. The van der Waals surface area contributed by atoms with Crippen LogP contribution in [0.5, 0.6) is 11.5 Å². The molecule has 3 rings (SSSR count). The van der Waals surface area contributed by atoms with E-state index in [-0.39, 0.29) is 46.9 Å². The SMILES string of the molecule is COc1cccc(/C=C/C(=O)N2CCN(c3ncc(C(F)(F)F)cc3Cl)CC2)c1OC(F)F. The fraction of sp³-hybridized carbons (Fsp3) is 0.333. The van der Waals surface area contributed by atoms with Gasteiger partial charge in [0.1, 0.15) is 5.82 Å². The Kier molecular flexibility index (Phi) is 7.62. The number of ether oxygens (including phenoxy) is 2. The van der Waals surface area contributed by atoms with Gasteiger partial charge in [-0.05, 0) is 18.2 Å².